The highest BCUT2D eigenvalue weighted by molar-refractivity contribution is 5.82. The molecule has 1 N–H and O–H groups in total. The van der Waals surface area contributed by atoms with Crippen molar-refractivity contribution in [3.8, 4) is 0 Å². The Morgan fingerprint density at radius 1 is 1.35 bits per heavy atom. The molecule has 0 saturated carbocycles. The zero-order chi connectivity index (χ0) is 14.4. The van der Waals surface area contributed by atoms with Crippen LogP contribution in [0.3, 0.4) is 0 Å². The van der Waals surface area contributed by atoms with Gasteiger partial charge >= 0.3 is 0 Å². The third-order valence-corrected chi connectivity index (χ3v) is 3.11. The minimum absolute atomic E-state index is 0.156. The summed E-state index contributed by atoms with van der Waals surface area (Å²) in [6.07, 6.45) is 4.87. The van der Waals surface area contributed by atoms with Gasteiger partial charge in [0.1, 0.15) is 12.7 Å². The summed E-state index contributed by atoms with van der Waals surface area (Å²) < 4.78 is 1.55. The fraction of sp³-hybridized carbons (Fsp3) is 0.357. The summed E-state index contributed by atoms with van der Waals surface area (Å²) in [6.45, 7) is 5.79. The molecule has 0 aliphatic carbocycles. The fourth-order valence-corrected chi connectivity index (χ4v) is 1.98. The molecule has 0 fully saturated rings. The van der Waals surface area contributed by atoms with Crippen LogP contribution in [0.1, 0.15) is 18.1 Å². The van der Waals surface area contributed by atoms with Crippen LogP contribution in [-0.2, 0) is 0 Å². The fourth-order valence-electron chi connectivity index (χ4n) is 1.98. The number of rotatable bonds is 6. The molecular formula is C14H19N5O. The van der Waals surface area contributed by atoms with Crippen molar-refractivity contribution in [3.63, 3.8) is 0 Å². The predicted octanol–water partition coefficient (Wildman–Crippen LogP) is 1.29. The minimum atomic E-state index is 0.156. The molecule has 1 heterocycles. The molecule has 0 radical (unpaired) electrons. The van der Waals surface area contributed by atoms with Crippen molar-refractivity contribution >= 4 is 11.9 Å². The first kappa shape index (κ1) is 14.2. The quantitative estimate of drug-likeness (QED) is 0.805. The van der Waals surface area contributed by atoms with Gasteiger partial charge in [-0.15, -0.1) is 10.2 Å². The maximum atomic E-state index is 9.07. The Balaban J connectivity index is 2.17. The molecule has 0 bridgehead atoms. The molecule has 0 saturated heterocycles. The van der Waals surface area contributed by atoms with E-state index in [1.54, 1.807) is 23.5 Å². The lowest BCUT2D eigenvalue weighted by atomic mass is 10.1. The average molecular weight is 273 g/mol. The number of hydrogen-bond donors (Lipinski definition) is 1. The van der Waals surface area contributed by atoms with Gasteiger partial charge in [-0.3, -0.25) is 0 Å². The van der Waals surface area contributed by atoms with Gasteiger partial charge in [-0.25, -0.2) is 4.68 Å². The normalized spacial score (nSPS) is 11.2. The summed E-state index contributed by atoms with van der Waals surface area (Å²) in [5.41, 5.74) is 3.29. The van der Waals surface area contributed by atoms with E-state index in [-0.39, 0.29) is 6.61 Å². The van der Waals surface area contributed by atoms with Gasteiger partial charge in [0, 0.05) is 18.8 Å². The molecule has 2 aromatic rings. The van der Waals surface area contributed by atoms with Gasteiger partial charge < -0.3 is 10.0 Å². The molecule has 0 aliphatic rings. The highest BCUT2D eigenvalue weighted by atomic mass is 16.3. The number of aliphatic hydroxyl groups excluding tert-OH is 1. The predicted molar refractivity (Wildman–Crippen MR) is 79.2 cm³/mol. The highest BCUT2D eigenvalue weighted by Gasteiger charge is 2.05. The van der Waals surface area contributed by atoms with Crippen LogP contribution in [0.2, 0.25) is 0 Å². The molecule has 1 aromatic heterocycles. The monoisotopic (exact) mass is 273 g/mol. The molecular weight excluding hydrogens is 254 g/mol. The summed E-state index contributed by atoms with van der Waals surface area (Å²) >= 11 is 0. The van der Waals surface area contributed by atoms with E-state index in [0.717, 1.165) is 23.4 Å². The number of anilines is 1. The highest BCUT2D eigenvalue weighted by Crippen LogP contribution is 2.18. The zero-order valence-electron chi connectivity index (χ0n) is 11.8. The van der Waals surface area contributed by atoms with Crippen molar-refractivity contribution in [1.29, 1.82) is 0 Å². The Hall–Kier alpha value is -2.21. The molecule has 0 unspecified atom stereocenters. The second kappa shape index (κ2) is 6.81. The summed E-state index contributed by atoms with van der Waals surface area (Å²) in [5, 5.41) is 20.7. The van der Waals surface area contributed by atoms with Crippen LogP contribution in [-0.4, -0.2) is 45.9 Å². The number of likely N-dealkylation sites (N-methyl/N-ethyl adjacent to an activating group) is 1. The molecule has 0 atom stereocenters. The maximum absolute atomic E-state index is 9.07. The van der Waals surface area contributed by atoms with E-state index in [1.807, 2.05) is 19.1 Å². The SMILES string of the molecule is CCN(CCO)c1ccc(/C=N\n2cnnc2)c(C)c1. The summed E-state index contributed by atoms with van der Waals surface area (Å²) in [5.74, 6) is 0. The average Bonchev–Trinajstić information content (AvgIpc) is 2.96. The number of aryl methyl sites for hydroxylation is 1. The summed E-state index contributed by atoms with van der Waals surface area (Å²) in [6, 6.07) is 6.17. The first-order valence-electron chi connectivity index (χ1n) is 6.60. The van der Waals surface area contributed by atoms with Crippen LogP contribution in [0, 0.1) is 6.92 Å². The Morgan fingerprint density at radius 3 is 2.70 bits per heavy atom. The van der Waals surface area contributed by atoms with E-state index in [2.05, 4.69) is 33.2 Å². The Morgan fingerprint density at radius 2 is 2.10 bits per heavy atom. The van der Waals surface area contributed by atoms with Crippen molar-refractivity contribution in [3.05, 3.63) is 42.0 Å². The second-order valence-corrected chi connectivity index (χ2v) is 4.43. The summed E-state index contributed by atoms with van der Waals surface area (Å²) in [7, 11) is 0. The van der Waals surface area contributed by atoms with Gasteiger partial charge in [0.2, 0.25) is 0 Å². The van der Waals surface area contributed by atoms with Crippen LogP contribution in [0.5, 0.6) is 0 Å². The zero-order valence-corrected chi connectivity index (χ0v) is 11.8. The molecule has 6 heteroatoms. The lowest BCUT2D eigenvalue weighted by Crippen LogP contribution is -2.26. The van der Waals surface area contributed by atoms with E-state index in [0.29, 0.717) is 6.54 Å². The van der Waals surface area contributed by atoms with E-state index >= 15 is 0 Å². The number of hydrogen-bond acceptors (Lipinski definition) is 5. The Labute approximate surface area is 118 Å². The van der Waals surface area contributed by atoms with Gasteiger partial charge in [0.25, 0.3) is 0 Å². The molecule has 2 rings (SSSR count). The van der Waals surface area contributed by atoms with Gasteiger partial charge in [0.05, 0.1) is 12.8 Å². The smallest absolute Gasteiger partial charge is 0.141 e. The molecule has 106 valence electrons. The van der Waals surface area contributed by atoms with Gasteiger partial charge in [-0.2, -0.15) is 5.10 Å². The lowest BCUT2D eigenvalue weighted by molar-refractivity contribution is 0.302. The molecule has 0 spiro atoms. The van der Waals surface area contributed by atoms with Gasteiger partial charge in [-0.05, 0) is 37.1 Å². The largest absolute Gasteiger partial charge is 0.395 e. The lowest BCUT2D eigenvalue weighted by Gasteiger charge is -2.22. The molecule has 0 aliphatic heterocycles. The van der Waals surface area contributed by atoms with Crippen molar-refractivity contribution < 1.29 is 5.11 Å². The van der Waals surface area contributed by atoms with Crippen LogP contribution in [0.25, 0.3) is 0 Å². The first-order chi connectivity index (χ1) is 9.74. The van der Waals surface area contributed by atoms with E-state index in [1.165, 1.54) is 0 Å². The van der Waals surface area contributed by atoms with Gasteiger partial charge in [0.15, 0.2) is 0 Å². The van der Waals surface area contributed by atoms with Crippen molar-refractivity contribution in [2.75, 3.05) is 24.6 Å². The van der Waals surface area contributed by atoms with Crippen LogP contribution in [0.4, 0.5) is 5.69 Å². The minimum Gasteiger partial charge on any atom is -0.395 e. The van der Waals surface area contributed by atoms with E-state index in [9.17, 15) is 0 Å². The Kier molecular flexibility index (Phi) is 4.84. The van der Waals surface area contributed by atoms with E-state index in [4.69, 9.17) is 5.11 Å². The first-order valence-corrected chi connectivity index (χ1v) is 6.60. The number of aromatic nitrogens is 3. The van der Waals surface area contributed by atoms with Crippen molar-refractivity contribution in [2.24, 2.45) is 5.10 Å². The van der Waals surface area contributed by atoms with Crippen LogP contribution < -0.4 is 4.90 Å². The molecule has 6 nitrogen and oxygen atoms in total. The maximum Gasteiger partial charge on any atom is 0.141 e. The van der Waals surface area contributed by atoms with Crippen LogP contribution >= 0.6 is 0 Å². The molecule has 1 aromatic carbocycles. The molecule has 0 amide bonds. The van der Waals surface area contributed by atoms with Gasteiger partial charge in [-0.1, -0.05) is 6.07 Å². The van der Waals surface area contributed by atoms with Crippen molar-refractivity contribution in [2.45, 2.75) is 13.8 Å². The topological polar surface area (TPSA) is 66.5 Å². The number of aliphatic hydroxyl groups is 1. The number of nitrogens with zero attached hydrogens (tertiary/aromatic N) is 5. The molecule has 20 heavy (non-hydrogen) atoms. The van der Waals surface area contributed by atoms with Crippen LogP contribution in [0.15, 0.2) is 36.0 Å². The number of benzene rings is 1. The third-order valence-electron chi connectivity index (χ3n) is 3.11. The third kappa shape index (κ3) is 3.42. The van der Waals surface area contributed by atoms with E-state index < -0.39 is 0 Å². The standard InChI is InChI=1S/C14H19N5O/c1-3-18(6-7-20)14-5-4-13(12(2)8-14)9-17-19-10-15-16-11-19/h4-5,8-11,20H,3,6-7H2,1-2H3/b17-9-. The Bertz CT molecular complexity index is 565. The summed E-state index contributed by atoms with van der Waals surface area (Å²) in [4.78, 5) is 2.13. The second-order valence-electron chi connectivity index (χ2n) is 4.43. The van der Waals surface area contributed by atoms with Crippen molar-refractivity contribution in [1.82, 2.24) is 14.9 Å².